The zero-order valence-corrected chi connectivity index (χ0v) is 22.0. The standard InChI is InChI=1S/C28H35N3O3Si/c1-28(2,3)35(24-16-10-6-11-17-24,25-18-12-7-13-19-25)34-22-27(32-4)26(30-31-29)21-33-20-23-14-8-5-9-15-23/h5-19,26-27H,20-22H2,1-4H3/t26-,27-/m0/s1. The summed E-state index contributed by atoms with van der Waals surface area (Å²) >= 11 is 0. The van der Waals surface area contributed by atoms with Crippen LogP contribution in [0.5, 0.6) is 0 Å². The Bertz CT molecular complexity index is 1030. The fourth-order valence-corrected chi connectivity index (χ4v) is 9.03. The van der Waals surface area contributed by atoms with Gasteiger partial charge >= 0.3 is 0 Å². The van der Waals surface area contributed by atoms with E-state index in [9.17, 15) is 5.53 Å². The van der Waals surface area contributed by atoms with Crippen LogP contribution in [0.4, 0.5) is 0 Å². The van der Waals surface area contributed by atoms with Gasteiger partial charge in [-0.3, -0.25) is 0 Å². The van der Waals surface area contributed by atoms with E-state index in [0.29, 0.717) is 6.61 Å². The van der Waals surface area contributed by atoms with Crippen LogP contribution in [0.1, 0.15) is 26.3 Å². The highest BCUT2D eigenvalue weighted by atomic mass is 28.4. The van der Waals surface area contributed by atoms with Crippen LogP contribution in [-0.2, 0) is 20.5 Å². The minimum atomic E-state index is -2.74. The molecule has 7 heteroatoms. The molecule has 0 heterocycles. The first-order chi connectivity index (χ1) is 16.9. The third-order valence-corrected chi connectivity index (χ3v) is 11.2. The smallest absolute Gasteiger partial charge is 0.261 e. The van der Waals surface area contributed by atoms with Gasteiger partial charge in [0.25, 0.3) is 8.32 Å². The monoisotopic (exact) mass is 489 g/mol. The molecule has 0 N–H and O–H groups in total. The highest BCUT2D eigenvalue weighted by molar-refractivity contribution is 6.99. The van der Waals surface area contributed by atoms with Crippen molar-refractivity contribution in [2.75, 3.05) is 20.3 Å². The minimum Gasteiger partial charge on any atom is -0.405 e. The van der Waals surface area contributed by atoms with Crippen LogP contribution in [0.25, 0.3) is 10.4 Å². The maximum atomic E-state index is 9.23. The van der Waals surface area contributed by atoms with E-state index < -0.39 is 20.5 Å². The summed E-state index contributed by atoms with van der Waals surface area (Å²) in [6.07, 6.45) is -0.455. The molecule has 35 heavy (non-hydrogen) atoms. The first-order valence-corrected chi connectivity index (χ1v) is 13.8. The summed E-state index contributed by atoms with van der Waals surface area (Å²) in [6.45, 7) is 7.65. The van der Waals surface area contributed by atoms with Gasteiger partial charge in [0.05, 0.1) is 32.0 Å². The van der Waals surface area contributed by atoms with E-state index in [4.69, 9.17) is 13.9 Å². The van der Waals surface area contributed by atoms with Crippen molar-refractivity contribution in [2.24, 2.45) is 5.11 Å². The summed E-state index contributed by atoms with van der Waals surface area (Å²) in [7, 11) is -1.12. The van der Waals surface area contributed by atoms with Gasteiger partial charge in [0.1, 0.15) is 0 Å². The predicted octanol–water partition coefficient (Wildman–Crippen LogP) is 5.47. The van der Waals surface area contributed by atoms with Crippen LogP contribution in [0, 0.1) is 0 Å². The average molecular weight is 490 g/mol. The number of nitrogens with zero attached hydrogens (tertiary/aromatic N) is 3. The number of hydrogen-bond acceptors (Lipinski definition) is 4. The van der Waals surface area contributed by atoms with Crippen molar-refractivity contribution in [3.05, 3.63) is 107 Å². The molecule has 2 atom stereocenters. The first-order valence-electron chi connectivity index (χ1n) is 11.9. The molecular formula is C28H35N3O3Si. The van der Waals surface area contributed by atoms with Crippen molar-refractivity contribution in [1.29, 1.82) is 0 Å². The second-order valence-electron chi connectivity index (χ2n) is 9.52. The SMILES string of the molecule is CO[C@@H](CO[Si](c1ccccc1)(c1ccccc1)C(C)(C)C)[C@H](COCc1ccccc1)N=[N+]=[N-]. The lowest BCUT2D eigenvalue weighted by Gasteiger charge is -2.44. The van der Waals surface area contributed by atoms with E-state index in [2.05, 4.69) is 79.3 Å². The van der Waals surface area contributed by atoms with Gasteiger partial charge in [0.2, 0.25) is 0 Å². The highest BCUT2D eigenvalue weighted by Crippen LogP contribution is 2.37. The van der Waals surface area contributed by atoms with E-state index in [1.54, 1.807) is 7.11 Å². The third kappa shape index (κ3) is 6.60. The normalized spacial score (nSPS) is 13.6. The summed E-state index contributed by atoms with van der Waals surface area (Å²) in [6, 6.07) is 30.3. The topological polar surface area (TPSA) is 76.5 Å². The maximum absolute atomic E-state index is 9.23. The average Bonchev–Trinajstić information content (AvgIpc) is 2.87. The highest BCUT2D eigenvalue weighted by Gasteiger charge is 2.50. The van der Waals surface area contributed by atoms with Crippen molar-refractivity contribution in [1.82, 2.24) is 0 Å². The Balaban J connectivity index is 1.86. The molecule has 0 bridgehead atoms. The molecule has 0 aliphatic carbocycles. The quantitative estimate of drug-likeness (QED) is 0.146. The summed E-state index contributed by atoms with van der Waals surface area (Å²) in [5.74, 6) is 0. The molecule has 0 radical (unpaired) electrons. The number of benzene rings is 3. The molecule has 3 rings (SSSR count). The minimum absolute atomic E-state index is 0.161. The first kappa shape index (κ1) is 26.7. The zero-order valence-electron chi connectivity index (χ0n) is 21.0. The van der Waals surface area contributed by atoms with Gasteiger partial charge in [-0.2, -0.15) is 0 Å². The van der Waals surface area contributed by atoms with Crippen LogP contribution < -0.4 is 10.4 Å². The Morgan fingerprint density at radius 1 is 0.829 bits per heavy atom. The van der Waals surface area contributed by atoms with E-state index in [0.717, 1.165) is 5.56 Å². The molecule has 184 valence electrons. The van der Waals surface area contributed by atoms with Crippen molar-refractivity contribution in [3.63, 3.8) is 0 Å². The Morgan fingerprint density at radius 2 is 1.34 bits per heavy atom. The molecule has 0 amide bonds. The molecule has 0 saturated carbocycles. The van der Waals surface area contributed by atoms with Gasteiger partial charge < -0.3 is 13.9 Å². The van der Waals surface area contributed by atoms with Crippen LogP contribution >= 0.6 is 0 Å². The fraction of sp³-hybridized carbons (Fsp3) is 0.357. The van der Waals surface area contributed by atoms with Crippen molar-refractivity contribution < 1.29 is 13.9 Å². The van der Waals surface area contributed by atoms with Crippen LogP contribution in [0.15, 0.2) is 96.1 Å². The maximum Gasteiger partial charge on any atom is 0.261 e. The molecule has 3 aromatic rings. The summed E-state index contributed by atoms with van der Waals surface area (Å²) in [4.78, 5) is 3.06. The lowest BCUT2D eigenvalue weighted by Crippen LogP contribution is -2.67. The van der Waals surface area contributed by atoms with Crippen molar-refractivity contribution in [3.8, 4) is 0 Å². The number of hydrogen-bond donors (Lipinski definition) is 0. The molecule has 0 spiro atoms. The molecular weight excluding hydrogens is 454 g/mol. The second kappa shape index (κ2) is 12.7. The van der Waals surface area contributed by atoms with E-state index in [-0.39, 0.29) is 18.3 Å². The van der Waals surface area contributed by atoms with Crippen molar-refractivity contribution >= 4 is 18.7 Å². The molecule has 0 aliphatic heterocycles. The Labute approximate surface area is 209 Å². The lowest BCUT2D eigenvalue weighted by atomic mass is 10.2. The molecule has 0 fully saturated rings. The summed E-state index contributed by atoms with van der Waals surface area (Å²) < 4.78 is 18.7. The number of rotatable bonds is 12. The molecule has 3 aromatic carbocycles. The fourth-order valence-electron chi connectivity index (χ4n) is 4.46. The summed E-state index contributed by atoms with van der Waals surface area (Å²) in [5, 5.41) is 6.22. The molecule has 6 nitrogen and oxygen atoms in total. The second-order valence-corrected chi connectivity index (χ2v) is 13.8. The Kier molecular flexibility index (Phi) is 9.66. The molecule has 0 aliphatic rings. The lowest BCUT2D eigenvalue weighted by molar-refractivity contribution is 0.00313. The number of ether oxygens (including phenoxy) is 2. The summed E-state index contributed by atoms with van der Waals surface area (Å²) in [5.41, 5.74) is 10.3. The van der Waals surface area contributed by atoms with E-state index >= 15 is 0 Å². The molecule has 0 saturated heterocycles. The number of azide groups is 1. The third-order valence-electron chi connectivity index (χ3n) is 6.21. The van der Waals surface area contributed by atoms with Gasteiger partial charge in [0, 0.05) is 12.0 Å². The Morgan fingerprint density at radius 3 is 1.80 bits per heavy atom. The Hall–Kier alpha value is -2.93. The van der Waals surface area contributed by atoms with E-state index in [1.165, 1.54) is 10.4 Å². The van der Waals surface area contributed by atoms with Gasteiger partial charge in [-0.1, -0.05) is 117 Å². The van der Waals surface area contributed by atoms with Gasteiger partial charge in [-0.25, -0.2) is 0 Å². The number of methoxy groups -OCH3 is 1. The van der Waals surface area contributed by atoms with Crippen LogP contribution in [0.3, 0.4) is 0 Å². The predicted molar refractivity (Wildman–Crippen MR) is 143 cm³/mol. The van der Waals surface area contributed by atoms with Crippen molar-refractivity contribution in [2.45, 2.75) is 44.6 Å². The van der Waals surface area contributed by atoms with Crippen LogP contribution in [0.2, 0.25) is 5.04 Å². The zero-order chi connectivity index (χ0) is 25.2. The largest absolute Gasteiger partial charge is 0.405 e. The van der Waals surface area contributed by atoms with Crippen LogP contribution in [-0.4, -0.2) is 40.8 Å². The van der Waals surface area contributed by atoms with Gasteiger partial charge in [0.15, 0.2) is 0 Å². The molecule has 0 aromatic heterocycles. The van der Waals surface area contributed by atoms with Gasteiger partial charge in [-0.05, 0) is 26.5 Å². The molecule has 0 unspecified atom stereocenters. The van der Waals surface area contributed by atoms with Gasteiger partial charge in [-0.15, -0.1) is 0 Å². The van der Waals surface area contributed by atoms with E-state index in [1.807, 2.05) is 42.5 Å².